The van der Waals surface area contributed by atoms with Crippen LogP contribution >= 0.6 is 0 Å². The zero-order valence-corrected chi connectivity index (χ0v) is 22.5. The highest BCUT2D eigenvalue weighted by Crippen LogP contribution is 2.69. The van der Waals surface area contributed by atoms with Crippen LogP contribution in [0.25, 0.3) is 0 Å². The summed E-state index contributed by atoms with van der Waals surface area (Å²) in [6.45, 7) is 11.4. The van der Waals surface area contributed by atoms with Gasteiger partial charge in [0.15, 0.2) is 0 Å². The number of nitrogens with zero attached hydrogens (tertiary/aromatic N) is 1. The van der Waals surface area contributed by atoms with Gasteiger partial charge in [0.05, 0.1) is 12.2 Å². The summed E-state index contributed by atoms with van der Waals surface area (Å²) in [7, 11) is 0. The van der Waals surface area contributed by atoms with Gasteiger partial charge in [-0.2, -0.15) is 0 Å². The molecule has 4 aliphatic carbocycles. The molecule has 0 aromatic heterocycles. The topological polar surface area (TPSA) is 49.8 Å². The van der Waals surface area contributed by atoms with Crippen LogP contribution < -0.4 is 0 Å². The Balaban J connectivity index is 1.34. The molecule has 0 radical (unpaired) electrons. The lowest BCUT2D eigenvalue weighted by atomic mass is 9.42. The summed E-state index contributed by atoms with van der Waals surface area (Å²) in [4.78, 5) is 16.1. The highest BCUT2D eigenvalue weighted by molar-refractivity contribution is 5.80. The largest absolute Gasteiger partial charge is 0.387 e. The van der Waals surface area contributed by atoms with Gasteiger partial charge in [0.25, 0.3) is 0 Å². The van der Waals surface area contributed by atoms with Gasteiger partial charge in [-0.3, -0.25) is 4.79 Å². The Labute approximate surface area is 208 Å². The molecule has 0 aromatic carbocycles. The quantitative estimate of drug-likeness (QED) is 0.517. The molecule has 0 spiro atoms. The van der Waals surface area contributed by atoms with Gasteiger partial charge >= 0.3 is 0 Å². The number of hydrogen-bond acceptors (Lipinski definition) is 3. The van der Waals surface area contributed by atoms with E-state index in [9.17, 15) is 9.90 Å². The van der Waals surface area contributed by atoms with Crippen LogP contribution in [0.3, 0.4) is 0 Å². The molecule has 1 saturated heterocycles. The van der Waals surface area contributed by atoms with Gasteiger partial charge in [0.1, 0.15) is 0 Å². The Kier molecular flexibility index (Phi) is 6.90. The van der Waals surface area contributed by atoms with E-state index in [1.165, 1.54) is 57.8 Å². The number of carbonyl (C=O) groups excluding carboxylic acids is 1. The number of likely N-dealkylation sites (tertiary alicyclic amines) is 1. The van der Waals surface area contributed by atoms with Crippen molar-refractivity contribution in [1.29, 1.82) is 0 Å². The second kappa shape index (κ2) is 9.36. The van der Waals surface area contributed by atoms with Crippen LogP contribution in [0.5, 0.6) is 0 Å². The van der Waals surface area contributed by atoms with E-state index in [4.69, 9.17) is 4.74 Å². The molecule has 1 amide bonds. The molecule has 0 unspecified atom stereocenters. The van der Waals surface area contributed by atoms with Crippen LogP contribution in [0, 0.1) is 40.4 Å². The molecule has 1 heterocycles. The molecule has 0 bridgehead atoms. The van der Waals surface area contributed by atoms with Gasteiger partial charge in [-0.25, -0.2) is 0 Å². The van der Waals surface area contributed by atoms with Crippen LogP contribution in [-0.4, -0.2) is 47.3 Å². The average Bonchev–Trinajstić information content (AvgIpc) is 3.19. The lowest BCUT2D eigenvalue weighted by molar-refractivity contribution is -0.175. The Bertz CT molecular complexity index is 755. The predicted molar refractivity (Wildman–Crippen MR) is 136 cm³/mol. The Morgan fingerprint density at radius 2 is 1.82 bits per heavy atom. The van der Waals surface area contributed by atoms with Crippen molar-refractivity contribution in [2.24, 2.45) is 40.4 Å². The molecular formula is C30H51NO3. The van der Waals surface area contributed by atoms with Crippen molar-refractivity contribution in [3.63, 3.8) is 0 Å². The summed E-state index contributed by atoms with van der Waals surface area (Å²) >= 11 is 0. The molecule has 0 aromatic rings. The molecule has 194 valence electrons. The van der Waals surface area contributed by atoms with E-state index in [1.807, 2.05) is 6.92 Å². The first-order chi connectivity index (χ1) is 16.3. The summed E-state index contributed by atoms with van der Waals surface area (Å²) in [5.41, 5.74) is -0.0287. The first-order valence-electron chi connectivity index (χ1n) is 14.9. The number of carbonyl (C=O) groups is 1. The van der Waals surface area contributed by atoms with Crippen molar-refractivity contribution in [1.82, 2.24) is 4.90 Å². The molecule has 5 rings (SSSR count). The van der Waals surface area contributed by atoms with E-state index < -0.39 is 5.60 Å². The van der Waals surface area contributed by atoms with E-state index in [1.54, 1.807) is 0 Å². The standard InChI is InChI=1S/C30H51NO3/c1-5-30-17-16-29(33,20-34-6-2)19-22(30)10-11-23-24-12-13-26(28(24,4)15-14-25(23)30)27(32)31-18-8-7-9-21(31)3/h21-26,33H,5-20H2,1-4H3/t21-,22-,23+,24+,25+,26-,28+,29-,30+/m1/s1. The summed E-state index contributed by atoms with van der Waals surface area (Å²) in [5, 5.41) is 11.3. The van der Waals surface area contributed by atoms with Gasteiger partial charge in [-0.05, 0) is 132 Å². The summed E-state index contributed by atoms with van der Waals surface area (Å²) in [6.07, 6.45) is 15.4. The fourth-order valence-electron chi connectivity index (χ4n) is 10.3. The first-order valence-corrected chi connectivity index (χ1v) is 14.9. The van der Waals surface area contributed by atoms with Crippen molar-refractivity contribution < 1.29 is 14.6 Å². The molecule has 1 aliphatic heterocycles. The molecule has 4 nitrogen and oxygen atoms in total. The van der Waals surface area contributed by atoms with Crippen molar-refractivity contribution in [3.8, 4) is 0 Å². The van der Waals surface area contributed by atoms with Crippen molar-refractivity contribution in [2.75, 3.05) is 19.8 Å². The number of rotatable bonds is 5. The van der Waals surface area contributed by atoms with E-state index in [2.05, 4.69) is 25.7 Å². The molecular weight excluding hydrogens is 422 g/mol. The molecule has 9 atom stereocenters. The molecule has 5 fully saturated rings. The lowest BCUT2D eigenvalue weighted by Crippen LogP contribution is -2.58. The van der Waals surface area contributed by atoms with E-state index in [0.717, 1.165) is 44.1 Å². The van der Waals surface area contributed by atoms with Crippen LogP contribution in [0.4, 0.5) is 0 Å². The minimum atomic E-state index is -0.620. The molecule has 4 saturated carbocycles. The second-order valence-corrected chi connectivity index (χ2v) is 13.4. The Hall–Kier alpha value is -0.610. The van der Waals surface area contributed by atoms with Crippen molar-refractivity contribution in [2.45, 2.75) is 123 Å². The SMILES string of the molecule is CCOC[C@@]1(O)CC[C@@]2(CC)[C@H](CC[C@H]3[C@@H]4CC[C@H](C(=O)N5CCCC[C@H]5C)[C@@]4(C)CC[C@@H]32)C1. The zero-order valence-electron chi connectivity index (χ0n) is 22.5. The second-order valence-electron chi connectivity index (χ2n) is 13.4. The van der Waals surface area contributed by atoms with Crippen LogP contribution in [0.15, 0.2) is 0 Å². The first kappa shape index (κ1) is 25.1. The number of hydrogen-bond donors (Lipinski definition) is 1. The molecule has 34 heavy (non-hydrogen) atoms. The number of fused-ring (bicyclic) bond motifs is 5. The van der Waals surface area contributed by atoms with Gasteiger partial charge in [0.2, 0.25) is 5.91 Å². The van der Waals surface area contributed by atoms with Crippen LogP contribution in [0.1, 0.15) is 111 Å². The highest BCUT2D eigenvalue weighted by atomic mass is 16.5. The van der Waals surface area contributed by atoms with Crippen LogP contribution in [-0.2, 0) is 9.53 Å². The smallest absolute Gasteiger partial charge is 0.226 e. The molecule has 5 aliphatic rings. The lowest BCUT2D eigenvalue weighted by Gasteiger charge is -2.63. The zero-order chi connectivity index (χ0) is 24.1. The minimum Gasteiger partial charge on any atom is -0.387 e. The summed E-state index contributed by atoms with van der Waals surface area (Å²) < 4.78 is 5.70. The fourth-order valence-corrected chi connectivity index (χ4v) is 10.3. The van der Waals surface area contributed by atoms with Gasteiger partial charge in [-0.1, -0.05) is 13.8 Å². The number of piperidine rings is 1. The van der Waals surface area contributed by atoms with Crippen molar-refractivity contribution in [3.05, 3.63) is 0 Å². The monoisotopic (exact) mass is 473 g/mol. The molecule has 1 N–H and O–H groups in total. The summed E-state index contributed by atoms with van der Waals surface area (Å²) in [6, 6.07) is 0.428. The van der Waals surface area contributed by atoms with Gasteiger partial charge in [0, 0.05) is 25.1 Å². The van der Waals surface area contributed by atoms with E-state index >= 15 is 0 Å². The average molecular weight is 474 g/mol. The van der Waals surface area contributed by atoms with Crippen LogP contribution in [0.2, 0.25) is 0 Å². The Morgan fingerprint density at radius 1 is 1.00 bits per heavy atom. The fraction of sp³-hybridized carbons (Fsp3) is 0.967. The van der Waals surface area contributed by atoms with Gasteiger partial charge < -0.3 is 14.7 Å². The van der Waals surface area contributed by atoms with Crippen molar-refractivity contribution >= 4 is 5.91 Å². The van der Waals surface area contributed by atoms with E-state index in [-0.39, 0.29) is 11.3 Å². The third-order valence-electron chi connectivity index (χ3n) is 12.1. The third-order valence-corrected chi connectivity index (χ3v) is 12.1. The number of aliphatic hydroxyl groups is 1. The third kappa shape index (κ3) is 3.88. The minimum absolute atomic E-state index is 0.196. The highest BCUT2D eigenvalue weighted by Gasteiger charge is 2.63. The summed E-state index contributed by atoms with van der Waals surface area (Å²) in [5.74, 6) is 3.66. The number of amides is 1. The maximum atomic E-state index is 13.8. The maximum absolute atomic E-state index is 13.8. The Morgan fingerprint density at radius 3 is 2.56 bits per heavy atom. The normalized spacial score (nSPS) is 48.7. The predicted octanol–water partition coefficient (Wildman–Crippen LogP) is 6.20. The van der Waals surface area contributed by atoms with Gasteiger partial charge in [-0.15, -0.1) is 0 Å². The number of ether oxygens (including phenoxy) is 1. The molecule has 4 heteroatoms. The maximum Gasteiger partial charge on any atom is 0.226 e. The van der Waals surface area contributed by atoms with E-state index in [0.29, 0.717) is 42.4 Å².